The fourth-order valence-corrected chi connectivity index (χ4v) is 4.68. The molecule has 0 radical (unpaired) electrons. The van der Waals surface area contributed by atoms with Crippen LogP contribution in [0.25, 0.3) is 0 Å². The third-order valence-electron chi connectivity index (χ3n) is 2.56. The van der Waals surface area contributed by atoms with Crippen LogP contribution in [0.5, 0.6) is 0 Å². The lowest BCUT2D eigenvalue weighted by Gasteiger charge is -2.16. The van der Waals surface area contributed by atoms with Crippen LogP contribution in [-0.4, -0.2) is 15.2 Å². The lowest BCUT2D eigenvalue weighted by Crippen LogP contribution is -2.29. The van der Waals surface area contributed by atoms with Crippen LogP contribution in [0.3, 0.4) is 0 Å². The van der Waals surface area contributed by atoms with Crippen molar-refractivity contribution in [2.75, 3.05) is 0 Å². The second kappa shape index (κ2) is 3.00. The summed E-state index contributed by atoms with van der Waals surface area (Å²) in [5.74, 6) is -0.0674. The highest BCUT2D eigenvalue weighted by Gasteiger charge is 2.63. The second-order valence-corrected chi connectivity index (χ2v) is 7.03. The molecule has 0 aromatic carbocycles. The minimum Gasteiger partial charge on any atom is -0.338 e. The van der Waals surface area contributed by atoms with E-state index in [9.17, 15) is 9.46 Å². The number of aromatic nitrogens is 1. The molecule has 14 heavy (non-hydrogen) atoms. The molecule has 4 nitrogen and oxygen atoms in total. The number of nitrogens with zero attached hydrogens (tertiary/aromatic N) is 1. The predicted octanol–water partition coefficient (Wildman–Crippen LogP) is 0.900. The van der Waals surface area contributed by atoms with E-state index in [2.05, 4.69) is 11.6 Å². The molecular formula is C8H11N2O2PS. The van der Waals surface area contributed by atoms with Gasteiger partial charge < -0.3 is 10.6 Å². The SMILES string of the molecule is C=CC1CC1(N)P(=O)(O)c1nccs1. The Kier molecular flexibility index (Phi) is 2.16. The molecule has 1 aromatic rings. The number of hydrogen-bond donors (Lipinski definition) is 2. The summed E-state index contributed by atoms with van der Waals surface area (Å²) in [5.41, 5.74) is 5.85. The second-order valence-electron chi connectivity index (χ2n) is 3.43. The Bertz CT molecular complexity index is 405. The topological polar surface area (TPSA) is 76.2 Å². The molecule has 0 amide bonds. The molecule has 3 N–H and O–H groups in total. The van der Waals surface area contributed by atoms with Crippen LogP contribution >= 0.6 is 18.7 Å². The van der Waals surface area contributed by atoms with Crippen LogP contribution < -0.4 is 10.5 Å². The molecule has 0 spiro atoms. The zero-order valence-corrected chi connectivity index (χ0v) is 9.17. The van der Waals surface area contributed by atoms with Crippen molar-refractivity contribution in [1.29, 1.82) is 0 Å². The first-order valence-electron chi connectivity index (χ1n) is 4.17. The normalized spacial score (nSPS) is 34.9. The van der Waals surface area contributed by atoms with Gasteiger partial charge in [-0.2, -0.15) is 0 Å². The monoisotopic (exact) mass is 230 g/mol. The minimum absolute atomic E-state index is 0.0674. The molecule has 1 saturated carbocycles. The fraction of sp³-hybridized carbons (Fsp3) is 0.375. The number of nitrogens with two attached hydrogens (primary N) is 1. The van der Waals surface area contributed by atoms with Gasteiger partial charge >= 0.3 is 0 Å². The highest BCUT2D eigenvalue weighted by atomic mass is 32.1. The van der Waals surface area contributed by atoms with Crippen molar-refractivity contribution in [3.8, 4) is 0 Å². The van der Waals surface area contributed by atoms with Gasteiger partial charge in [-0.1, -0.05) is 6.08 Å². The average Bonchev–Trinajstić information content (AvgIpc) is 2.65. The Morgan fingerprint density at radius 3 is 3.07 bits per heavy atom. The van der Waals surface area contributed by atoms with Gasteiger partial charge in [-0.25, -0.2) is 4.98 Å². The van der Waals surface area contributed by atoms with Crippen molar-refractivity contribution >= 4 is 23.5 Å². The van der Waals surface area contributed by atoms with Crippen LogP contribution in [0.15, 0.2) is 24.2 Å². The van der Waals surface area contributed by atoms with Gasteiger partial charge in [0.05, 0.1) is 0 Å². The van der Waals surface area contributed by atoms with Crippen molar-refractivity contribution in [1.82, 2.24) is 4.98 Å². The van der Waals surface area contributed by atoms with E-state index < -0.39 is 12.6 Å². The zero-order chi connectivity index (χ0) is 10.4. The van der Waals surface area contributed by atoms with Crippen LogP contribution in [-0.2, 0) is 4.57 Å². The summed E-state index contributed by atoms with van der Waals surface area (Å²) in [6.07, 6.45) is 3.66. The molecule has 1 aliphatic rings. The van der Waals surface area contributed by atoms with Gasteiger partial charge in [0.15, 0.2) is 4.75 Å². The molecular weight excluding hydrogens is 219 g/mol. The lowest BCUT2D eigenvalue weighted by molar-refractivity contribution is 0.469. The van der Waals surface area contributed by atoms with Gasteiger partial charge in [-0.05, 0) is 6.42 Å². The molecule has 0 bridgehead atoms. The Balaban J connectivity index is 2.35. The largest absolute Gasteiger partial charge is 0.338 e. The summed E-state index contributed by atoms with van der Waals surface area (Å²) in [7, 11) is -3.53. The Labute approximate surface area is 85.9 Å². The molecule has 76 valence electrons. The quantitative estimate of drug-likeness (QED) is 0.597. The van der Waals surface area contributed by atoms with Gasteiger partial charge in [-0.15, -0.1) is 17.9 Å². The summed E-state index contributed by atoms with van der Waals surface area (Å²) in [6, 6.07) is 0. The van der Waals surface area contributed by atoms with E-state index in [1.807, 2.05) is 0 Å². The molecule has 3 atom stereocenters. The van der Waals surface area contributed by atoms with Crippen molar-refractivity contribution in [2.45, 2.75) is 11.7 Å². The van der Waals surface area contributed by atoms with Crippen LogP contribution in [0, 0.1) is 5.92 Å². The molecule has 1 aromatic heterocycles. The molecule has 1 aliphatic carbocycles. The Morgan fingerprint density at radius 2 is 2.64 bits per heavy atom. The molecule has 1 fully saturated rings. The standard InChI is InChI=1S/C8H11N2O2PS/c1-2-6-5-8(6,9)13(11,12)7-10-3-4-14-7/h2-4,6H,1,5,9H2,(H,11,12). The maximum Gasteiger partial charge on any atom is 0.277 e. The van der Waals surface area contributed by atoms with E-state index in [4.69, 9.17) is 5.73 Å². The molecule has 3 unspecified atom stereocenters. The third kappa shape index (κ3) is 1.21. The lowest BCUT2D eigenvalue weighted by atomic mass is 10.4. The van der Waals surface area contributed by atoms with Crippen molar-refractivity contribution < 1.29 is 9.46 Å². The summed E-state index contributed by atoms with van der Waals surface area (Å²) < 4.78 is 12.3. The number of rotatable bonds is 3. The smallest absolute Gasteiger partial charge is 0.277 e. The molecule has 1 heterocycles. The molecule has 2 rings (SSSR count). The molecule has 0 saturated heterocycles. The number of hydrogen-bond acceptors (Lipinski definition) is 4. The first kappa shape index (κ1) is 10.1. The highest BCUT2D eigenvalue weighted by Crippen LogP contribution is 2.67. The maximum atomic E-state index is 12.1. The van der Waals surface area contributed by atoms with Crippen molar-refractivity contribution in [2.24, 2.45) is 11.7 Å². The van der Waals surface area contributed by atoms with Crippen LogP contribution in [0.2, 0.25) is 0 Å². The summed E-state index contributed by atoms with van der Waals surface area (Å²) in [6.45, 7) is 3.58. The first-order chi connectivity index (χ1) is 6.52. The number of thiazole rings is 1. The predicted molar refractivity (Wildman–Crippen MR) is 56.8 cm³/mol. The van der Waals surface area contributed by atoms with Gasteiger partial charge in [0.2, 0.25) is 0 Å². The summed E-state index contributed by atoms with van der Waals surface area (Å²) >= 11 is 1.17. The molecule has 0 aliphatic heterocycles. The van der Waals surface area contributed by atoms with E-state index >= 15 is 0 Å². The van der Waals surface area contributed by atoms with E-state index in [0.717, 1.165) is 0 Å². The summed E-state index contributed by atoms with van der Waals surface area (Å²) in [5, 5.41) is 0.652. The van der Waals surface area contributed by atoms with Gasteiger partial charge in [-0.3, -0.25) is 4.57 Å². The van der Waals surface area contributed by atoms with Gasteiger partial charge in [0.1, 0.15) is 5.28 Å². The Morgan fingerprint density at radius 1 is 1.93 bits per heavy atom. The van der Waals surface area contributed by atoms with Gasteiger partial charge in [0.25, 0.3) is 7.37 Å². The van der Waals surface area contributed by atoms with E-state index in [1.54, 1.807) is 11.5 Å². The zero-order valence-electron chi connectivity index (χ0n) is 7.46. The van der Waals surface area contributed by atoms with Crippen molar-refractivity contribution in [3.63, 3.8) is 0 Å². The third-order valence-corrected chi connectivity index (χ3v) is 6.47. The fourth-order valence-electron chi connectivity index (χ4n) is 1.47. The average molecular weight is 230 g/mol. The first-order valence-corrected chi connectivity index (χ1v) is 6.70. The summed E-state index contributed by atoms with van der Waals surface area (Å²) in [4.78, 5) is 13.8. The molecule has 6 heteroatoms. The maximum absolute atomic E-state index is 12.1. The van der Waals surface area contributed by atoms with E-state index in [1.165, 1.54) is 17.5 Å². The Hall–Kier alpha value is -0.480. The highest BCUT2D eigenvalue weighted by molar-refractivity contribution is 7.73. The van der Waals surface area contributed by atoms with Crippen molar-refractivity contribution in [3.05, 3.63) is 24.2 Å². The van der Waals surface area contributed by atoms with Crippen LogP contribution in [0.1, 0.15) is 6.42 Å². The van der Waals surface area contributed by atoms with Crippen LogP contribution in [0.4, 0.5) is 0 Å². The van der Waals surface area contributed by atoms with E-state index in [0.29, 0.717) is 6.42 Å². The minimum atomic E-state index is -3.53. The van der Waals surface area contributed by atoms with E-state index in [-0.39, 0.29) is 10.7 Å². The van der Waals surface area contributed by atoms with Gasteiger partial charge in [0, 0.05) is 17.5 Å².